The van der Waals surface area contributed by atoms with Gasteiger partial charge in [0, 0.05) is 13.0 Å². The fourth-order valence-electron chi connectivity index (χ4n) is 2.02. The van der Waals surface area contributed by atoms with Crippen LogP contribution in [0.15, 0.2) is 36.4 Å². The van der Waals surface area contributed by atoms with E-state index in [1.165, 1.54) is 12.1 Å². The van der Waals surface area contributed by atoms with Crippen molar-refractivity contribution in [3.05, 3.63) is 47.8 Å². The Kier molecular flexibility index (Phi) is 3.91. The molecule has 0 unspecified atom stereocenters. The van der Waals surface area contributed by atoms with E-state index in [2.05, 4.69) is 17.5 Å². The van der Waals surface area contributed by atoms with Crippen molar-refractivity contribution in [1.82, 2.24) is 5.32 Å². The standard InChI is InChI=1S/C14H16FNO/c15-13-7-3-6-12(8-13)10-16-14(17)9-11-4-1-2-5-11/h1,3-4,6-8,11H,2,5,9-10H2,(H,16,17)/t11-/m1/s1. The number of hydrogen-bond acceptors (Lipinski definition) is 1. The van der Waals surface area contributed by atoms with Crippen molar-refractivity contribution >= 4 is 5.91 Å². The topological polar surface area (TPSA) is 29.1 Å². The molecule has 2 nitrogen and oxygen atoms in total. The van der Waals surface area contributed by atoms with Gasteiger partial charge in [-0.15, -0.1) is 0 Å². The molecule has 0 fully saturated rings. The van der Waals surface area contributed by atoms with Gasteiger partial charge < -0.3 is 5.32 Å². The molecule has 2 rings (SSSR count). The lowest BCUT2D eigenvalue weighted by Crippen LogP contribution is -2.24. The lowest BCUT2D eigenvalue weighted by atomic mass is 10.1. The van der Waals surface area contributed by atoms with E-state index >= 15 is 0 Å². The molecule has 0 bridgehead atoms. The van der Waals surface area contributed by atoms with Gasteiger partial charge in [-0.3, -0.25) is 4.79 Å². The van der Waals surface area contributed by atoms with Crippen LogP contribution in [-0.4, -0.2) is 5.91 Å². The highest BCUT2D eigenvalue weighted by molar-refractivity contribution is 5.76. The van der Waals surface area contributed by atoms with Crippen molar-refractivity contribution in [2.45, 2.75) is 25.8 Å². The van der Waals surface area contributed by atoms with E-state index in [1.54, 1.807) is 12.1 Å². The molecule has 1 aliphatic rings. The number of carbonyl (C=O) groups excluding carboxylic acids is 1. The molecular weight excluding hydrogens is 217 g/mol. The second-order valence-corrected chi connectivity index (χ2v) is 4.38. The molecule has 0 radical (unpaired) electrons. The fraction of sp³-hybridized carbons (Fsp3) is 0.357. The molecule has 17 heavy (non-hydrogen) atoms. The summed E-state index contributed by atoms with van der Waals surface area (Å²) in [4.78, 5) is 11.6. The molecule has 1 atom stereocenters. The van der Waals surface area contributed by atoms with E-state index in [1.807, 2.05) is 0 Å². The molecular formula is C14H16FNO. The highest BCUT2D eigenvalue weighted by atomic mass is 19.1. The second-order valence-electron chi connectivity index (χ2n) is 4.38. The van der Waals surface area contributed by atoms with E-state index in [-0.39, 0.29) is 11.7 Å². The first kappa shape index (κ1) is 11.8. The van der Waals surface area contributed by atoms with Crippen LogP contribution in [0, 0.1) is 11.7 Å². The summed E-state index contributed by atoms with van der Waals surface area (Å²) in [7, 11) is 0. The van der Waals surface area contributed by atoms with Crippen molar-refractivity contribution in [1.29, 1.82) is 0 Å². The van der Waals surface area contributed by atoms with Crippen LogP contribution >= 0.6 is 0 Å². The van der Waals surface area contributed by atoms with Gasteiger partial charge in [-0.25, -0.2) is 4.39 Å². The number of rotatable bonds is 4. The van der Waals surface area contributed by atoms with Crippen LogP contribution in [0.5, 0.6) is 0 Å². The molecule has 0 spiro atoms. The zero-order valence-electron chi connectivity index (χ0n) is 9.66. The average Bonchev–Trinajstić information content (AvgIpc) is 2.79. The molecule has 1 aliphatic carbocycles. The van der Waals surface area contributed by atoms with E-state index in [4.69, 9.17) is 0 Å². The van der Waals surface area contributed by atoms with Crippen LogP contribution in [0.2, 0.25) is 0 Å². The van der Waals surface area contributed by atoms with Gasteiger partial charge in [0.1, 0.15) is 5.82 Å². The summed E-state index contributed by atoms with van der Waals surface area (Å²) >= 11 is 0. The molecule has 0 saturated carbocycles. The summed E-state index contributed by atoms with van der Waals surface area (Å²) in [6.45, 7) is 0.396. The molecule has 0 saturated heterocycles. The van der Waals surface area contributed by atoms with E-state index in [0.717, 1.165) is 18.4 Å². The Balaban J connectivity index is 1.77. The first-order chi connectivity index (χ1) is 8.24. The Labute approximate surface area is 101 Å². The number of benzene rings is 1. The van der Waals surface area contributed by atoms with Crippen LogP contribution in [0.3, 0.4) is 0 Å². The van der Waals surface area contributed by atoms with Crippen molar-refractivity contribution in [2.24, 2.45) is 5.92 Å². The minimum atomic E-state index is -0.268. The first-order valence-electron chi connectivity index (χ1n) is 5.92. The zero-order chi connectivity index (χ0) is 12.1. The largest absolute Gasteiger partial charge is 0.352 e. The third-order valence-corrected chi connectivity index (χ3v) is 2.94. The fourth-order valence-corrected chi connectivity index (χ4v) is 2.02. The average molecular weight is 233 g/mol. The van der Waals surface area contributed by atoms with Crippen molar-refractivity contribution in [3.63, 3.8) is 0 Å². The molecule has 0 aliphatic heterocycles. The number of halogens is 1. The Morgan fingerprint density at radius 2 is 2.35 bits per heavy atom. The van der Waals surface area contributed by atoms with Crippen LogP contribution in [0.25, 0.3) is 0 Å². The van der Waals surface area contributed by atoms with E-state index < -0.39 is 0 Å². The second kappa shape index (κ2) is 5.62. The van der Waals surface area contributed by atoms with E-state index in [0.29, 0.717) is 18.9 Å². The van der Waals surface area contributed by atoms with Crippen molar-refractivity contribution < 1.29 is 9.18 Å². The zero-order valence-corrected chi connectivity index (χ0v) is 9.66. The van der Waals surface area contributed by atoms with E-state index in [9.17, 15) is 9.18 Å². The number of nitrogens with one attached hydrogen (secondary N) is 1. The third-order valence-electron chi connectivity index (χ3n) is 2.94. The molecule has 0 heterocycles. The normalized spacial score (nSPS) is 18.3. The number of hydrogen-bond donors (Lipinski definition) is 1. The summed E-state index contributed by atoms with van der Waals surface area (Å²) in [5.41, 5.74) is 0.792. The van der Waals surface area contributed by atoms with Gasteiger partial charge in [-0.05, 0) is 36.5 Å². The smallest absolute Gasteiger partial charge is 0.220 e. The lowest BCUT2D eigenvalue weighted by molar-refractivity contribution is -0.121. The van der Waals surface area contributed by atoms with Crippen LogP contribution in [0.4, 0.5) is 4.39 Å². The molecule has 1 aromatic carbocycles. The number of amides is 1. The maximum Gasteiger partial charge on any atom is 0.220 e. The maximum atomic E-state index is 12.9. The Bertz CT molecular complexity index is 428. The monoisotopic (exact) mass is 233 g/mol. The lowest BCUT2D eigenvalue weighted by Gasteiger charge is -2.08. The van der Waals surface area contributed by atoms with Gasteiger partial charge in [-0.1, -0.05) is 24.3 Å². The number of carbonyl (C=O) groups is 1. The maximum absolute atomic E-state index is 12.9. The summed E-state index contributed by atoms with van der Waals surface area (Å²) in [5.74, 6) is 0.142. The quantitative estimate of drug-likeness (QED) is 0.796. The third kappa shape index (κ3) is 3.70. The highest BCUT2D eigenvalue weighted by Gasteiger charge is 2.13. The Morgan fingerprint density at radius 3 is 3.06 bits per heavy atom. The van der Waals surface area contributed by atoms with Gasteiger partial charge >= 0.3 is 0 Å². The molecule has 3 heteroatoms. The summed E-state index contributed by atoms with van der Waals surface area (Å²) in [6.07, 6.45) is 6.88. The minimum Gasteiger partial charge on any atom is -0.352 e. The summed E-state index contributed by atoms with van der Waals surface area (Å²) < 4.78 is 12.9. The summed E-state index contributed by atoms with van der Waals surface area (Å²) in [6, 6.07) is 6.29. The molecule has 90 valence electrons. The predicted molar refractivity (Wildman–Crippen MR) is 64.7 cm³/mol. The number of allylic oxidation sites excluding steroid dienone is 2. The SMILES string of the molecule is O=C(C[C@@H]1C=CCC1)NCc1cccc(F)c1. The molecule has 1 aromatic rings. The van der Waals surface area contributed by atoms with Gasteiger partial charge in [0.05, 0.1) is 0 Å². The summed E-state index contributed by atoms with van der Waals surface area (Å²) in [5, 5.41) is 2.81. The van der Waals surface area contributed by atoms with Crippen molar-refractivity contribution in [2.75, 3.05) is 0 Å². The van der Waals surface area contributed by atoms with Crippen LogP contribution < -0.4 is 5.32 Å². The van der Waals surface area contributed by atoms with Gasteiger partial charge in [0.15, 0.2) is 0 Å². The van der Waals surface area contributed by atoms with Gasteiger partial charge in [0.25, 0.3) is 0 Å². The molecule has 1 amide bonds. The Hall–Kier alpha value is -1.64. The van der Waals surface area contributed by atoms with Crippen LogP contribution in [0.1, 0.15) is 24.8 Å². The minimum absolute atomic E-state index is 0.0332. The highest BCUT2D eigenvalue weighted by Crippen LogP contribution is 2.20. The predicted octanol–water partition coefficient (Wildman–Crippen LogP) is 2.80. The van der Waals surface area contributed by atoms with Gasteiger partial charge in [0.2, 0.25) is 5.91 Å². The Morgan fingerprint density at radius 1 is 1.47 bits per heavy atom. The molecule has 1 N–H and O–H groups in total. The van der Waals surface area contributed by atoms with Gasteiger partial charge in [-0.2, -0.15) is 0 Å². The molecule has 0 aromatic heterocycles. The first-order valence-corrected chi connectivity index (χ1v) is 5.92. The van der Waals surface area contributed by atoms with Crippen LogP contribution in [-0.2, 0) is 11.3 Å². The van der Waals surface area contributed by atoms with Crippen molar-refractivity contribution in [3.8, 4) is 0 Å².